The molecule has 0 bridgehead atoms. The molecule has 0 aromatic heterocycles. The maximum Gasteiger partial charge on any atom is 0.0439 e. The molecule has 0 spiro atoms. The number of hydrogen-bond donors (Lipinski definition) is 1. The second-order valence-electron chi connectivity index (χ2n) is 6.65. The van der Waals surface area contributed by atoms with E-state index in [2.05, 4.69) is 69.5 Å². The van der Waals surface area contributed by atoms with Gasteiger partial charge in [-0.2, -0.15) is 0 Å². The topological polar surface area (TPSA) is 15.3 Å². The molecule has 1 saturated carbocycles. The van der Waals surface area contributed by atoms with Crippen LogP contribution in [0.3, 0.4) is 0 Å². The fraction of sp³-hybridized carbons (Fsp3) is 0.500. The zero-order valence-corrected chi connectivity index (χ0v) is 14.6. The third-order valence-corrected chi connectivity index (χ3v) is 4.93. The van der Waals surface area contributed by atoms with Crippen LogP contribution in [-0.4, -0.2) is 26.2 Å². The van der Waals surface area contributed by atoms with E-state index in [1.165, 1.54) is 42.5 Å². The molecule has 120 valence electrons. The monoisotopic (exact) mass is 298 g/mol. The molecule has 2 atom stereocenters. The van der Waals surface area contributed by atoms with E-state index in [4.69, 9.17) is 0 Å². The Balaban J connectivity index is 2.33. The summed E-state index contributed by atoms with van der Waals surface area (Å²) in [6, 6.07) is 7.82. The van der Waals surface area contributed by atoms with Gasteiger partial charge >= 0.3 is 0 Å². The molecular weight excluding hydrogens is 268 g/mol. The Morgan fingerprint density at radius 1 is 1.09 bits per heavy atom. The molecule has 0 aliphatic heterocycles. The van der Waals surface area contributed by atoms with Gasteiger partial charge in [0.2, 0.25) is 0 Å². The van der Waals surface area contributed by atoms with E-state index in [1.807, 2.05) is 0 Å². The first-order valence-electron chi connectivity index (χ1n) is 8.31. The Hall–Kier alpha value is -1.54. The molecule has 0 radical (unpaired) electrons. The Morgan fingerprint density at radius 2 is 1.73 bits per heavy atom. The first kappa shape index (κ1) is 16.8. The maximum atomic E-state index is 4.14. The lowest BCUT2D eigenvalue weighted by atomic mass is 9.88. The smallest absolute Gasteiger partial charge is 0.0439 e. The van der Waals surface area contributed by atoms with Crippen molar-refractivity contribution < 1.29 is 0 Å². The minimum atomic E-state index is 0.562. The first-order chi connectivity index (χ1) is 10.5. The molecule has 1 aromatic rings. The average molecular weight is 298 g/mol. The van der Waals surface area contributed by atoms with Crippen LogP contribution in [0.1, 0.15) is 50.7 Å². The van der Waals surface area contributed by atoms with Gasteiger partial charge in [0.05, 0.1) is 0 Å². The highest BCUT2D eigenvalue weighted by Gasteiger charge is 2.27. The van der Waals surface area contributed by atoms with Crippen LogP contribution in [0.15, 0.2) is 31.4 Å². The number of nitrogens with one attached hydrogen (secondary N) is 1. The van der Waals surface area contributed by atoms with Crippen molar-refractivity contribution in [2.24, 2.45) is 0 Å². The van der Waals surface area contributed by atoms with Gasteiger partial charge in [-0.3, -0.25) is 0 Å². The van der Waals surface area contributed by atoms with E-state index in [9.17, 15) is 0 Å². The number of anilines is 1. The minimum Gasteiger partial charge on any atom is -0.370 e. The molecule has 2 nitrogen and oxygen atoms in total. The van der Waals surface area contributed by atoms with E-state index in [0.29, 0.717) is 12.1 Å². The van der Waals surface area contributed by atoms with Crippen LogP contribution in [-0.2, 0) is 0 Å². The Bertz CT molecular complexity index is 559. The van der Waals surface area contributed by atoms with Gasteiger partial charge in [0, 0.05) is 24.8 Å². The average Bonchev–Trinajstić information content (AvgIpc) is 2.53. The summed E-state index contributed by atoms with van der Waals surface area (Å²) in [5, 5.41) is 3.50. The van der Waals surface area contributed by atoms with E-state index >= 15 is 0 Å². The molecule has 1 N–H and O–H groups in total. The molecular formula is C20H30N2. The van der Waals surface area contributed by atoms with Crippen LogP contribution >= 0.6 is 0 Å². The van der Waals surface area contributed by atoms with Crippen molar-refractivity contribution in [1.29, 1.82) is 0 Å². The Morgan fingerprint density at radius 3 is 2.32 bits per heavy atom. The second kappa shape index (κ2) is 7.15. The van der Waals surface area contributed by atoms with Gasteiger partial charge in [-0.25, -0.2) is 0 Å². The predicted molar refractivity (Wildman–Crippen MR) is 99.4 cm³/mol. The van der Waals surface area contributed by atoms with Gasteiger partial charge in [-0.1, -0.05) is 43.2 Å². The van der Waals surface area contributed by atoms with Crippen molar-refractivity contribution in [3.05, 3.63) is 42.5 Å². The highest BCUT2D eigenvalue weighted by molar-refractivity contribution is 5.79. The van der Waals surface area contributed by atoms with Crippen LogP contribution in [0, 0.1) is 0 Å². The molecule has 0 heterocycles. The lowest BCUT2D eigenvalue weighted by molar-refractivity contribution is 0.335. The van der Waals surface area contributed by atoms with Gasteiger partial charge in [-0.15, -0.1) is 0 Å². The van der Waals surface area contributed by atoms with E-state index in [1.54, 1.807) is 0 Å². The molecule has 0 amide bonds. The summed E-state index contributed by atoms with van der Waals surface area (Å²) in [4.78, 5) is 2.44. The third-order valence-electron chi connectivity index (χ3n) is 4.93. The molecule has 1 aliphatic rings. The van der Waals surface area contributed by atoms with Crippen LogP contribution < -0.4 is 10.2 Å². The molecule has 22 heavy (non-hydrogen) atoms. The Kier molecular flexibility index (Phi) is 5.47. The minimum absolute atomic E-state index is 0.562. The van der Waals surface area contributed by atoms with Crippen molar-refractivity contribution in [1.82, 2.24) is 5.32 Å². The van der Waals surface area contributed by atoms with Crippen molar-refractivity contribution in [2.45, 2.75) is 51.6 Å². The van der Waals surface area contributed by atoms with E-state index in [-0.39, 0.29) is 0 Å². The number of nitrogens with zero attached hydrogens (tertiary/aromatic N) is 1. The van der Waals surface area contributed by atoms with E-state index in [0.717, 1.165) is 11.1 Å². The van der Waals surface area contributed by atoms with Crippen molar-refractivity contribution in [2.75, 3.05) is 19.0 Å². The number of allylic oxidation sites excluding steroid dienone is 2. The van der Waals surface area contributed by atoms with Gasteiger partial charge in [-0.05, 0) is 57.0 Å². The maximum absolute atomic E-state index is 4.14. The molecule has 2 rings (SSSR count). The summed E-state index contributed by atoms with van der Waals surface area (Å²) in [5.74, 6) is 0. The Labute approximate surface area is 135 Å². The lowest BCUT2D eigenvalue weighted by Gasteiger charge is -2.39. The summed E-state index contributed by atoms with van der Waals surface area (Å²) in [6.45, 7) is 12.4. The van der Waals surface area contributed by atoms with E-state index < -0.39 is 0 Å². The fourth-order valence-electron chi connectivity index (χ4n) is 3.58. The number of benzene rings is 1. The number of hydrogen-bond acceptors (Lipinski definition) is 2. The zero-order valence-electron chi connectivity index (χ0n) is 14.6. The van der Waals surface area contributed by atoms with Gasteiger partial charge in [0.15, 0.2) is 0 Å². The zero-order chi connectivity index (χ0) is 16.3. The molecule has 1 aromatic carbocycles. The number of likely N-dealkylation sites (N-methyl/N-ethyl adjacent to an activating group) is 2. The second-order valence-corrected chi connectivity index (χ2v) is 6.65. The SMILES string of the molecule is C=C(C)c1ccc(N(C)C2CCCCC2NC)cc1C(=C)C. The fourth-order valence-corrected chi connectivity index (χ4v) is 3.58. The van der Waals surface area contributed by atoms with Gasteiger partial charge in [0.1, 0.15) is 0 Å². The molecule has 2 unspecified atom stereocenters. The quantitative estimate of drug-likeness (QED) is 0.846. The standard InChI is InChI=1S/C20H30N2/c1-14(2)17-12-11-16(13-18(17)15(3)4)22(6)20-10-8-7-9-19(20)21-5/h11-13,19-21H,1,3,7-10H2,2,4-6H3. The molecule has 1 aliphatic carbocycles. The molecule has 0 saturated heterocycles. The largest absolute Gasteiger partial charge is 0.370 e. The summed E-state index contributed by atoms with van der Waals surface area (Å²) >= 11 is 0. The summed E-state index contributed by atoms with van der Waals surface area (Å²) in [7, 11) is 4.30. The van der Waals surface area contributed by atoms with Crippen LogP contribution in [0.5, 0.6) is 0 Å². The number of rotatable bonds is 5. The summed E-state index contributed by atoms with van der Waals surface area (Å²) in [5.41, 5.74) is 5.89. The lowest BCUT2D eigenvalue weighted by Crippen LogP contribution is -2.49. The normalized spacial score (nSPS) is 21.5. The van der Waals surface area contributed by atoms with Crippen LogP contribution in [0.4, 0.5) is 5.69 Å². The highest BCUT2D eigenvalue weighted by Crippen LogP contribution is 2.31. The predicted octanol–water partition coefficient (Wildman–Crippen LogP) is 4.72. The first-order valence-corrected chi connectivity index (χ1v) is 8.31. The van der Waals surface area contributed by atoms with Crippen molar-refractivity contribution in [3.8, 4) is 0 Å². The van der Waals surface area contributed by atoms with Crippen molar-refractivity contribution >= 4 is 16.8 Å². The highest BCUT2D eigenvalue weighted by atomic mass is 15.2. The van der Waals surface area contributed by atoms with Crippen LogP contribution in [0.2, 0.25) is 0 Å². The summed E-state index contributed by atoms with van der Waals surface area (Å²) in [6.07, 6.45) is 5.18. The third kappa shape index (κ3) is 3.44. The molecule has 2 heteroatoms. The van der Waals surface area contributed by atoms with Crippen molar-refractivity contribution in [3.63, 3.8) is 0 Å². The molecule has 1 fully saturated rings. The summed E-state index contributed by atoms with van der Waals surface area (Å²) < 4.78 is 0. The van der Waals surface area contributed by atoms with Crippen LogP contribution in [0.25, 0.3) is 11.1 Å². The van der Waals surface area contributed by atoms with Gasteiger partial charge < -0.3 is 10.2 Å². The van der Waals surface area contributed by atoms with Gasteiger partial charge in [0.25, 0.3) is 0 Å².